The Hall–Kier alpha value is -1.32. The van der Waals surface area contributed by atoms with Gasteiger partial charge in [-0.2, -0.15) is 0 Å². The van der Waals surface area contributed by atoms with Gasteiger partial charge in [0, 0.05) is 6.54 Å². The van der Waals surface area contributed by atoms with Crippen LogP contribution in [0.3, 0.4) is 0 Å². The molecular formula is C35H67N2O7P. The highest BCUT2D eigenvalue weighted by Gasteiger charge is 2.27. The number of aliphatic hydroxyl groups is 2. The molecule has 0 saturated carbocycles. The molecule has 0 saturated heterocycles. The van der Waals surface area contributed by atoms with Gasteiger partial charge in [0.05, 0.1) is 37.9 Å². The Kier molecular flexibility index (Phi) is 30.4. The van der Waals surface area contributed by atoms with Crippen LogP contribution in [0.2, 0.25) is 0 Å². The lowest BCUT2D eigenvalue weighted by Crippen LogP contribution is -2.46. The van der Waals surface area contributed by atoms with E-state index in [0.29, 0.717) is 12.8 Å². The molecule has 0 aliphatic heterocycles. The van der Waals surface area contributed by atoms with Crippen molar-refractivity contribution in [1.82, 2.24) is 5.32 Å². The van der Waals surface area contributed by atoms with Crippen molar-refractivity contribution >= 4 is 13.7 Å². The molecule has 4 unspecified atom stereocenters. The van der Waals surface area contributed by atoms with Crippen molar-refractivity contribution < 1.29 is 33.5 Å². The Morgan fingerprint density at radius 1 is 0.756 bits per heavy atom. The average Bonchev–Trinajstić information content (AvgIpc) is 3.01. The smallest absolute Gasteiger partial charge is 0.393 e. The fourth-order valence-electron chi connectivity index (χ4n) is 4.79. The number of nitrogens with two attached hydrogens (primary N) is 1. The first-order chi connectivity index (χ1) is 21.8. The van der Waals surface area contributed by atoms with Gasteiger partial charge >= 0.3 is 7.82 Å². The van der Waals surface area contributed by atoms with Gasteiger partial charge in [-0.05, 0) is 44.9 Å². The van der Waals surface area contributed by atoms with Crippen LogP contribution in [0.4, 0.5) is 0 Å². The fraction of sp³-hybridized carbons (Fsp3) is 0.800. The molecule has 0 heterocycles. The molecule has 45 heavy (non-hydrogen) atoms. The Labute approximate surface area is 274 Å². The molecule has 1 amide bonds. The number of unbranched alkanes of at least 4 members (excludes halogenated alkanes) is 14. The molecule has 9 nitrogen and oxygen atoms in total. The zero-order valence-electron chi connectivity index (χ0n) is 28.5. The van der Waals surface area contributed by atoms with Crippen molar-refractivity contribution in [3.63, 3.8) is 0 Å². The molecule has 4 atom stereocenters. The van der Waals surface area contributed by atoms with Gasteiger partial charge in [-0.15, -0.1) is 0 Å². The molecule has 0 spiro atoms. The summed E-state index contributed by atoms with van der Waals surface area (Å²) in [5.74, 6) is -0.465. The number of nitrogens with one attached hydrogen (secondary N) is 1. The zero-order chi connectivity index (χ0) is 33.4. The van der Waals surface area contributed by atoms with Gasteiger partial charge in [0.15, 0.2) is 0 Å². The van der Waals surface area contributed by atoms with E-state index in [9.17, 15) is 24.5 Å². The number of hydrogen-bond acceptors (Lipinski definition) is 7. The lowest BCUT2D eigenvalue weighted by atomic mass is 10.0. The lowest BCUT2D eigenvalue weighted by molar-refractivity contribution is -0.124. The van der Waals surface area contributed by atoms with E-state index in [1.54, 1.807) is 6.08 Å². The maximum absolute atomic E-state index is 12.7. The lowest BCUT2D eigenvalue weighted by Gasteiger charge is -2.24. The molecule has 0 rings (SSSR count). The van der Waals surface area contributed by atoms with Crippen molar-refractivity contribution in [3.8, 4) is 0 Å². The number of hydrogen-bond donors (Lipinski definition) is 5. The maximum Gasteiger partial charge on any atom is 0.472 e. The first-order valence-corrected chi connectivity index (χ1v) is 19.2. The van der Waals surface area contributed by atoms with Gasteiger partial charge in [-0.25, -0.2) is 4.57 Å². The minimum absolute atomic E-state index is 0.0422. The van der Waals surface area contributed by atoms with Gasteiger partial charge in [0.2, 0.25) is 5.91 Å². The number of carbonyl (C=O) groups excluding carboxylic acids is 1. The Morgan fingerprint density at radius 2 is 1.27 bits per heavy atom. The van der Waals surface area contributed by atoms with E-state index in [2.05, 4.69) is 43.5 Å². The van der Waals surface area contributed by atoms with Crippen molar-refractivity contribution in [1.29, 1.82) is 0 Å². The van der Waals surface area contributed by atoms with E-state index in [1.807, 2.05) is 6.08 Å². The average molecular weight is 659 g/mol. The standard InChI is InChI=1S/C35H67N2O7P/c1-3-5-7-9-11-13-14-15-16-17-19-21-23-25-27-34(39)33(31-44-45(41,42)43-29-28-36)37-35(40)30-32(38)26-24-22-20-18-12-10-8-6-4-2/h13-14,17,19,25,27,32-34,38-39H,3-12,15-16,18,20-24,26,28-31,36H2,1-2H3,(H,37,40)(H,41,42)/b14-13+,19-17+,27-25+. The highest BCUT2D eigenvalue weighted by Crippen LogP contribution is 2.43. The molecule has 0 aromatic carbocycles. The SMILES string of the molecule is CCCCCC/C=C/CC/C=C/CC/C=C/C(O)C(COP(=O)(O)OCCN)NC(=O)CC(O)CCCCCCCCCCC. The molecule has 0 bridgehead atoms. The van der Waals surface area contributed by atoms with Crippen LogP contribution in [-0.2, 0) is 18.4 Å². The Bertz CT molecular complexity index is 822. The quantitative estimate of drug-likeness (QED) is 0.0279. The Morgan fingerprint density at radius 3 is 1.84 bits per heavy atom. The van der Waals surface area contributed by atoms with Crippen LogP contribution in [0.25, 0.3) is 0 Å². The molecule has 0 aromatic heterocycles. The van der Waals surface area contributed by atoms with Crippen molar-refractivity contribution in [2.45, 2.75) is 161 Å². The molecule has 0 aliphatic rings. The number of rotatable bonds is 32. The third kappa shape index (κ3) is 29.8. The van der Waals surface area contributed by atoms with Gasteiger partial charge in [-0.3, -0.25) is 13.8 Å². The van der Waals surface area contributed by atoms with Crippen LogP contribution < -0.4 is 11.1 Å². The van der Waals surface area contributed by atoms with E-state index in [0.717, 1.165) is 44.9 Å². The summed E-state index contributed by atoms with van der Waals surface area (Å²) in [4.78, 5) is 22.5. The van der Waals surface area contributed by atoms with E-state index < -0.39 is 38.6 Å². The third-order valence-corrected chi connectivity index (χ3v) is 8.49. The van der Waals surface area contributed by atoms with Gasteiger partial charge in [0.1, 0.15) is 0 Å². The van der Waals surface area contributed by atoms with Crippen LogP contribution in [-0.4, -0.2) is 59.0 Å². The summed E-state index contributed by atoms with van der Waals surface area (Å²) in [6.45, 7) is 3.86. The van der Waals surface area contributed by atoms with Crippen LogP contribution in [0, 0.1) is 0 Å². The molecule has 10 heteroatoms. The number of phosphoric ester groups is 1. The van der Waals surface area contributed by atoms with Crippen LogP contribution in [0.15, 0.2) is 36.5 Å². The normalized spacial score (nSPS) is 15.6. The first-order valence-electron chi connectivity index (χ1n) is 17.7. The predicted molar refractivity (Wildman–Crippen MR) is 186 cm³/mol. The Balaban J connectivity index is 4.60. The zero-order valence-corrected chi connectivity index (χ0v) is 29.4. The second kappa shape index (κ2) is 31.3. The number of allylic oxidation sites excluding steroid dienone is 5. The molecule has 264 valence electrons. The monoisotopic (exact) mass is 658 g/mol. The van der Waals surface area contributed by atoms with Crippen LogP contribution in [0.5, 0.6) is 0 Å². The molecule has 0 fully saturated rings. The van der Waals surface area contributed by atoms with Crippen LogP contribution in [0.1, 0.15) is 142 Å². The molecule has 0 aliphatic carbocycles. The maximum atomic E-state index is 12.7. The number of amides is 1. The van der Waals surface area contributed by atoms with Crippen LogP contribution >= 0.6 is 7.82 Å². The van der Waals surface area contributed by atoms with Crippen molar-refractivity contribution in [2.24, 2.45) is 5.73 Å². The van der Waals surface area contributed by atoms with E-state index in [4.69, 9.17) is 14.8 Å². The summed E-state index contributed by atoms with van der Waals surface area (Å²) in [5, 5.41) is 23.8. The molecular weight excluding hydrogens is 591 g/mol. The summed E-state index contributed by atoms with van der Waals surface area (Å²) in [5.41, 5.74) is 5.33. The minimum atomic E-state index is -4.40. The fourth-order valence-corrected chi connectivity index (χ4v) is 5.55. The topological polar surface area (TPSA) is 151 Å². The highest BCUT2D eigenvalue weighted by atomic mass is 31.2. The summed E-state index contributed by atoms with van der Waals surface area (Å²) < 4.78 is 21.9. The number of aliphatic hydroxyl groups excluding tert-OH is 2. The number of phosphoric acid groups is 1. The van der Waals surface area contributed by atoms with E-state index in [-0.39, 0.29) is 19.6 Å². The molecule has 0 radical (unpaired) electrons. The molecule has 6 N–H and O–H groups in total. The highest BCUT2D eigenvalue weighted by molar-refractivity contribution is 7.47. The summed E-state index contributed by atoms with van der Waals surface area (Å²) in [6.07, 6.45) is 30.9. The van der Waals surface area contributed by atoms with Crippen molar-refractivity contribution in [3.05, 3.63) is 36.5 Å². The van der Waals surface area contributed by atoms with E-state index >= 15 is 0 Å². The van der Waals surface area contributed by atoms with Crippen molar-refractivity contribution in [2.75, 3.05) is 19.8 Å². The van der Waals surface area contributed by atoms with Gasteiger partial charge in [0.25, 0.3) is 0 Å². The second-order valence-corrected chi connectivity index (χ2v) is 13.4. The minimum Gasteiger partial charge on any atom is -0.393 e. The predicted octanol–water partition coefficient (Wildman–Crippen LogP) is 7.80. The largest absolute Gasteiger partial charge is 0.472 e. The van der Waals surface area contributed by atoms with E-state index in [1.165, 1.54) is 64.2 Å². The summed E-state index contributed by atoms with van der Waals surface area (Å²) >= 11 is 0. The van der Waals surface area contributed by atoms with Gasteiger partial charge < -0.3 is 26.2 Å². The summed E-state index contributed by atoms with van der Waals surface area (Å²) in [7, 11) is -4.40. The first kappa shape index (κ1) is 43.7. The number of carbonyl (C=O) groups is 1. The molecule has 0 aromatic rings. The third-order valence-electron chi connectivity index (χ3n) is 7.50. The summed E-state index contributed by atoms with van der Waals surface area (Å²) in [6, 6.07) is -1.00. The van der Waals surface area contributed by atoms with Gasteiger partial charge in [-0.1, -0.05) is 127 Å². The second-order valence-electron chi connectivity index (χ2n) is 11.9.